The topological polar surface area (TPSA) is 66.0 Å². The van der Waals surface area contributed by atoms with Crippen molar-refractivity contribution in [3.05, 3.63) is 59.7 Å². The van der Waals surface area contributed by atoms with E-state index in [-0.39, 0.29) is 11.8 Å². The highest BCUT2D eigenvalue weighted by Gasteiger charge is 2.25. The summed E-state index contributed by atoms with van der Waals surface area (Å²) in [5.41, 5.74) is 3.03. The molecule has 6 nitrogen and oxygen atoms in total. The monoisotopic (exact) mass is 394 g/mol. The van der Waals surface area contributed by atoms with Gasteiger partial charge in [-0.25, -0.2) is 0 Å². The van der Waals surface area contributed by atoms with Crippen molar-refractivity contribution in [2.45, 2.75) is 32.4 Å². The van der Waals surface area contributed by atoms with Gasteiger partial charge < -0.3 is 20.3 Å². The molecule has 1 aliphatic rings. The largest absolute Gasteiger partial charge is 0.496 e. The number of rotatable bonds is 7. The maximum Gasteiger partial charge on any atom is 0.227 e. The highest BCUT2D eigenvalue weighted by atomic mass is 16.5. The van der Waals surface area contributed by atoms with E-state index in [1.807, 2.05) is 49.5 Å². The molecule has 0 spiro atoms. The Morgan fingerprint density at radius 3 is 2.69 bits per heavy atom. The molecule has 0 radical (unpaired) electrons. The van der Waals surface area contributed by atoms with Gasteiger partial charge >= 0.3 is 0 Å². The molecule has 0 aliphatic heterocycles. The number of amides is 1. The van der Waals surface area contributed by atoms with Crippen LogP contribution < -0.4 is 15.4 Å². The van der Waals surface area contributed by atoms with Crippen molar-refractivity contribution in [3.8, 4) is 5.75 Å². The van der Waals surface area contributed by atoms with Crippen LogP contribution >= 0.6 is 0 Å². The summed E-state index contributed by atoms with van der Waals surface area (Å²) < 4.78 is 5.44. The van der Waals surface area contributed by atoms with Gasteiger partial charge in [0.25, 0.3) is 0 Å². The SMILES string of the molecule is CN=C(NCc1cccc(NC(=O)C2CCC2)c1)N(C)Cc1ccccc1OC. The van der Waals surface area contributed by atoms with Crippen molar-refractivity contribution in [1.29, 1.82) is 0 Å². The molecule has 0 aromatic heterocycles. The van der Waals surface area contributed by atoms with E-state index in [1.54, 1.807) is 14.2 Å². The Labute approximate surface area is 173 Å². The second kappa shape index (κ2) is 9.96. The van der Waals surface area contributed by atoms with Gasteiger partial charge in [-0.15, -0.1) is 0 Å². The molecule has 1 saturated carbocycles. The summed E-state index contributed by atoms with van der Waals surface area (Å²) in [7, 11) is 5.45. The first-order valence-corrected chi connectivity index (χ1v) is 10.0. The fourth-order valence-electron chi connectivity index (χ4n) is 3.40. The van der Waals surface area contributed by atoms with Gasteiger partial charge in [0.15, 0.2) is 5.96 Å². The fraction of sp³-hybridized carbons (Fsp3) is 0.391. The Morgan fingerprint density at radius 1 is 1.21 bits per heavy atom. The number of methoxy groups -OCH3 is 1. The maximum absolute atomic E-state index is 12.2. The van der Waals surface area contributed by atoms with Crippen LogP contribution in [-0.4, -0.2) is 38.0 Å². The summed E-state index contributed by atoms with van der Waals surface area (Å²) in [5, 5.41) is 6.42. The Hall–Kier alpha value is -3.02. The smallest absolute Gasteiger partial charge is 0.227 e. The zero-order chi connectivity index (χ0) is 20.6. The number of nitrogens with zero attached hydrogens (tertiary/aromatic N) is 2. The average Bonchev–Trinajstić information content (AvgIpc) is 2.67. The number of carbonyl (C=O) groups is 1. The highest BCUT2D eigenvalue weighted by Crippen LogP contribution is 2.27. The Balaban J connectivity index is 1.57. The van der Waals surface area contributed by atoms with E-state index in [9.17, 15) is 4.79 Å². The number of hydrogen-bond donors (Lipinski definition) is 2. The van der Waals surface area contributed by atoms with Gasteiger partial charge in [-0.3, -0.25) is 9.79 Å². The minimum atomic E-state index is 0.133. The number of benzene rings is 2. The molecule has 1 aliphatic carbocycles. The van der Waals surface area contributed by atoms with E-state index in [2.05, 4.69) is 26.6 Å². The highest BCUT2D eigenvalue weighted by molar-refractivity contribution is 5.93. The number of carbonyl (C=O) groups excluding carboxylic acids is 1. The number of ether oxygens (including phenoxy) is 1. The third-order valence-corrected chi connectivity index (χ3v) is 5.29. The lowest BCUT2D eigenvalue weighted by Crippen LogP contribution is -2.38. The molecule has 1 amide bonds. The lowest BCUT2D eigenvalue weighted by atomic mass is 9.85. The van der Waals surface area contributed by atoms with Crippen molar-refractivity contribution >= 4 is 17.6 Å². The van der Waals surface area contributed by atoms with Crippen molar-refractivity contribution in [2.75, 3.05) is 26.5 Å². The van der Waals surface area contributed by atoms with Crippen molar-refractivity contribution < 1.29 is 9.53 Å². The van der Waals surface area contributed by atoms with Crippen molar-refractivity contribution in [1.82, 2.24) is 10.2 Å². The van der Waals surface area contributed by atoms with E-state index < -0.39 is 0 Å². The predicted octanol–water partition coefficient (Wildman–Crippen LogP) is 3.64. The molecular formula is C23H30N4O2. The fourth-order valence-corrected chi connectivity index (χ4v) is 3.40. The number of guanidine groups is 1. The molecule has 0 bridgehead atoms. The first kappa shape index (κ1) is 20.7. The first-order chi connectivity index (χ1) is 14.1. The molecule has 2 N–H and O–H groups in total. The van der Waals surface area contributed by atoms with Gasteiger partial charge in [0, 0.05) is 44.4 Å². The zero-order valence-corrected chi connectivity index (χ0v) is 17.4. The van der Waals surface area contributed by atoms with Gasteiger partial charge in [-0.2, -0.15) is 0 Å². The van der Waals surface area contributed by atoms with E-state index >= 15 is 0 Å². The maximum atomic E-state index is 12.2. The van der Waals surface area contributed by atoms with Crippen LogP contribution in [0.5, 0.6) is 5.75 Å². The predicted molar refractivity (Wildman–Crippen MR) is 117 cm³/mol. The quantitative estimate of drug-likeness (QED) is 0.556. The first-order valence-electron chi connectivity index (χ1n) is 10.0. The number of nitrogens with one attached hydrogen (secondary N) is 2. The third-order valence-electron chi connectivity index (χ3n) is 5.29. The number of para-hydroxylation sites is 1. The molecule has 1 fully saturated rings. The summed E-state index contributed by atoms with van der Waals surface area (Å²) in [6.45, 7) is 1.30. The van der Waals surface area contributed by atoms with Crippen LogP contribution in [0.25, 0.3) is 0 Å². The molecule has 0 heterocycles. The molecule has 29 heavy (non-hydrogen) atoms. The van der Waals surface area contributed by atoms with E-state index in [1.165, 1.54) is 0 Å². The second-order valence-electron chi connectivity index (χ2n) is 7.39. The van der Waals surface area contributed by atoms with E-state index in [4.69, 9.17) is 4.74 Å². The molecule has 0 saturated heterocycles. The lowest BCUT2D eigenvalue weighted by molar-refractivity contribution is -0.122. The van der Waals surface area contributed by atoms with Gasteiger partial charge in [0.2, 0.25) is 5.91 Å². The van der Waals surface area contributed by atoms with Crippen LogP contribution in [0.4, 0.5) is 5.69 Å². The van der Waals surface area contributed by atoms with Crippen LogP contribution in [0.3, 0.4) is 0 Å². The zero-order valence-electron chi connectivity index (χ0n) is 17.4. The third kappa shape index (κ3) is 5.50. The summed E-state index contributed by atoms with van der Waals surface area (Å²) in [5.74, 6) is 1.97. The molecule has 0 atom stereocenters. The summed E-state index contributed by atoms with van der Waals surface area (Å²) in [4.78, 5) is 18.6. The van der Waals surface area contributed by atoms with Gasteiger partial charge in [0.1, 0.15) is 5.75 Å². The molecule has 3 rings (SSSR count). The van der Waals surface area contributed by atoms with Gasteiger partial charge in [-0.1, -0.05) is 36.8 Å². The minimum absolute atomic E-state index is 0.133. The summed E-state index contributed by atoms with van der Waals surface area (Å²) in [6.07, 6.45) is 3.16. The lowest BCUT2D eigenvalue weighted by Gasteiger charge is -2.24. The number of aliphatic imine (C=N–C) groups is 1. The van der Waals surface area contributed by atoms with Crippen molar-refractivity contribution in [3.63, 3.8) is 0 Å². The van der Waals surface area contributed by atoms with Gasteiger partial charge in [-0.05, 0) is 36.6 Å². The molecule has 154 valence electrons. The molecule has 2 aromatic carbocycles. The van der Waals surface area contributed by atoms with E-state index in [0.717, 1.165) is 47.8 Å². The Morgan fingerprint density at radius 2 is 2.00 bits per heavy atom. The molecule has 0 unspecified atom stereocenters. The van der Waals surface area contributed by atoms with Crippen LogP contribution in [0.1, 0.15) is 30.4 Å². The summed E-state index contributed by atoms with van der Waals surface area (Å²) >= 11 is 0. The minimum Gasteiger partial charge on any atom is -0.496 e. The standard InChI is InChI=1S/C23H30N4O2/c1-24-23(27(2)16-19-9-4-5-13-21(19)29-3)25-15-17-8-6-12-20(14-17)26-22(28)18-10-7-11-18/h4-6,8-9,12-14,18H,7,10-11,15-16H2,1-3H3,(H,24,25)(H,26,28). The van der Waals surface area contributed by atoms with Crippen LogP contribution in [-0.2, 0) is 17.9 Å². The number of anilines is 1. The van der Waals surface area contributed by atoms with Crippen molar-refractivity contribution in [2.24, 2.45) is 10.9 Å². The molecular weight excluding hydrogens is 364 g/mol. The van der Waals surface area contributed by atoms with Gasteiger partial charge in [0.05, 0.1) is 7.11 Å². The average molecular weight is 395 g/mol. The Bertz CT molecular complexity index is 861. The summed E-state index contributed by atoms with van der Waals surface area (Å²) in [6, 6.07) is 15.9. The Kier molecular flexibility index (Phi) is 7.11. The molecule has 6 heteroatoms. The van der Waals surface area contributed by atoms with Crippen LogP contribution in [0.2, 0.25) is 0 Å². The van der Waals surface area contributed by atoms with Crippen LogP contribution in [0.15, 0.2) is 53.5 Å². The molecule has 2 aromatic rings. The van der Waals surface area contributed by atoms with Crippen LogP contribution in [0, 0.1) is 5.92 Å². The number of hydrogen-bond acceptors (Lipinski definition) is 3. The second-order valence-corrected chi connectivity index (χ2v) is 7.39. The normalized spacial score (nSPS) is 14.1. The van der Waals surface area contributed by atoms with E-state index in [0.29, 0.717) is 13.1 Å².